The summed E-state index contributed by atoms with van der Waals surface area (Å²) in [6.07, 6.45) is 0. The SMILES string of the molecule is O=C([O-])c1cccc(NS(=O)(=O)c2ccc(F)cc2)c1. The van der Waals surface area contributed by atoms with Crippen molar-refractivity contribution in [3.8, 4) is 0 Å². The average molecular weight is 294 g/mol. The van der Waals surface area contributed by atoms with Crippen molar-refractivity contribution < 1.29 is 22.7 Å². The molecule has 5 nitrogen and oxygen atoms in total. The molecule has 104 valence electrons. The Morgan fingerprint density at radius 1 is 1.10 bits per heavy atom. The summed E-state index contributed by atoms with van der Waals surface area (Å²) >= 11 is 0. The molecular weight excluding hydrogens is 285 g/mol. The van der Waals surface area contributed by atoms with E-state index in [1.807, 2.05) is 0 Å². The molecule has 7 heteroatoms. The maximum Gasteiger partial charge on any atom is 0.261 e. The lowest BCUT2D eigenvalue weighted by atomic mass is 10.2. The van der Waals surface area contributed by atoms with E-state index in [0.717, 1.165) is 30.3 Å². The number of carboxylic acids is 1. The minimum atomic E-state index is -3.90. The first kappa shape index (κ1) is 14.0. The molecular formula is C13H9FNO4S-. The highest BCUT2D eigenvalue weighted by Crippen LogP contribution is 2.17. The number of rotatable bonds is 4. The molecule has 0 aliphatic rings. The lowest BCUT2D eigenvalue weighted by Crippen LogP contribution is -2.22. The zero-order chi connectivity index (χ0) is 14.8. The van der Waals surface area contributed by atoms with Crippen molar-refractivity contribution in [3.05, 3.63) is 59.9 Å². The first-order chi connectivity index (χ1) is 9.38. The highest BCUT2D eigenvalue weighted by Gasteiger charge is 2.14. The predicted octanol–water partition coefficient (Wildman–Crippen LogP) is 0.990. The van der Waals surface area contributed by atoms with Crippen LogP contribution in [-0.4, -0.2) is 14.4 Å². The molecule has 0 saturated carbocycles. The fourth-order valence-electron chi connectivity index (χ4n) is 1.54. The normalized spacial score (nSPS) is 11.1. The van der Waals surface area contributed by atoms with Crippen LogP contribution in [0.1, 0.15) is 10.4 Å². The number of carboxylic acid groups (broad SMARTS) is 1. The van der Waals surface area contributed by atoms with Crippen molar-refractivity contribution in [1.29, 1.82) is 0 Å². The summed E-state index contributed by atoms with van der Waals surface area (Å²) in [6, 6.07) is 9.46. The maximum atomic E-state index is 12.8. The van der Waals surface area contributed by atoms with E-state index in [1.54, 1.807) is 0 Å². The molecule has 0 amide bonds. The second kappa shape index (κ2) is 5.30. The minimum Gasteiger partial charge on any atom is -0.545 e. The molecule has 0 radical (unpaired) electrons. The van der Waals surface area contributed by atoms with Gasteiger partial charge in [0.15, 0.2) is 0 Å². The lowest BCUT2D eigenvalue weighted by Gasteiger charge is -2.10. The summed E-state index contributed by atoms with van der Waals surface area (Å²) in [5.74, 6) is -1.96. The van der Waals surface area contributed by atoms with Gasteiger partial charge in [-0.3, -0.25) is 4.72 Å². The molecule has 0 bridgehead atoms. The third-order valence-corrected chi connectivity index (χ3v) is 3.87. The number of benzene rings is 2. The smallest absolute Gasteiger partial charge is 0.261 e. The van der Waals surface area contributed by atoms with Gasteiger partial charge in [0, 0.05) is 5.69 Å². The highest BCUT2D eigenvalue weighted by molar-refractivity contribution is 7.92. The number of anilines is 1. The first-order valence-corrected chi connectivity index (χ1v) is 6.96. The standard InChI is InChI=1S/C13H10FNO4S/c14-10-4-6-12(7-5-10)20(18,19)15-11-3-1-2-9(8-11)13(16)17/h1-8,15H,(H,16,17)/p-1. The topological polar surface area (TPSA) is 86.3 Å². The van der Waals surface area contributed by atoms with Crippen molar-refractivity contribution in [2.45, 2.75) is 4.90 Å². The van der Waals surface area contributed by atoms with E-state index in [9.17, 15) is 22.7 Å². The van der Waals surface area contributed by atoms with Crippen LogP contribution in [0.4, 0.5) is 10.1 Å². The van der Waals surface area contributed by atoms with Crippen LogP contribution in [0.15, 0.2) is 53.4 Å². The molecule has 2 aromatic rings. The Hall–Kier alpha value is -2.41. The van der Waals surface area contributed by atoms with E-state index in [2.05, 4.69) is 4.72 Å². The molecule has 0 spiro atoms. The summed E-state index contributed by atoms with van der Waals surface area (Å²) in [7, 11) is -3.90. The van der Waals surface area contributed by atoms with Gasteiger partial charge in [-0.25, -0.2) is 12.8 Å². The Labute approximate surface area is 114 Å². The van der Waals surface area contributed by atoms with Gasteiger partial charge in [0.1, 0.15) is 5.82 Å². The van der Waals surface area contributed by atoms with Crippen LogP contribution in [-0.2, 0) is 10.0 Å². The average Bonchev–Trinajstić information content (AvgIpc) is 2.39. The Balaban J connectivity index is 2.31. The second-order valence-corrected chi connectivity index (χ2v) is 5.61. The van der Waals surface area contributed by atoms with Crippen molar-refractivity contribution in [3.63, 3.8) is 0 Å². The van der Waals surface area contributed by atoms with Crippen molar-refractivity contribution in [2.75, 3.05) is 4.72 Å². The molecule has 0 aliphatic carbocycles. The number of carbonyl (C=O) groups excluding carboxylic acids is 1. The molecule has 0 atom stereocenters. The fraction of sp³-hybridized carbons (Fsp3) is 0. The van der Waals surface area contributed by atoms with Gasteiger partial charge >= 0.3 is 0 Å². The van der Waals surface area contributed by atoms with Crippen LogP contribution in [0.5, 0.6) is 0 Å². The van der Waals surface area contributed by atoms with Gasteiger partial charge in [-0.2, -0.15) is 0 Å². The summed E-state index contributed by atoms with van der Waals surface area (Å²) in [6.45, 7) is 0. The van der Waals surface area contributed by atoms with E-state index in [4.69, 9.17) is 0 Å². The van der Waals surface area contributed by atoms with E-state index in [0.29, 0.717) is 0 Å². The monoisotopic (exact) mass is 294 g/mol. The van der Waals surface area contributed by atoms with E-state index >= 15 is 0 Å². The van der Waals surface area contributed by atoms with Gasteiger partial charge in [0.25, 0.3) is 10.0 Å². The second-order valence-electron chi connectivity index (χ2n) is 3.93. The number of hydrogen-bond acceptors (Lipinski definition) is 4. The molecule has 0 aromatic heterocycles. The largest absolute Gasteiger partial charge is 0.545 e. The number of sulfonamides is 1. The van der Waals surface area contributed by atoms with Gasteiger partial charge in [0.2, 0.25) is 0 Å². The zero-order valence-corrected chi connectivity index (χ0v) is 10.9. The van der Waals surface area contributed by atoms with Crippen molar-refractivity contribution in [1.82, 2.24) is 0 Å². The molecule has 0 unspecified atom stereocenters. The molecule has 2 aromatic carbocycles. The van der Waals surface area contributed by atoms with Crippen LogP contribution >= 0.6 is 0 Å². The molecule has 20 heavy (non-hydrogen) atoms. The molecule has 0 aliphatic heterocycles. The number of nitrogens with one attached hydrogen (secondary N) is 1. The number of carbonyl (C=O) groups is 1. The van der Waals surface area contributed by atoms with Gasteiger partial charge in [-0.15, -0.1) is 0 Å². The quantitative estimate of drug-likeness (QED) is 0.911. The van der Waals surface area contributed by atoms with Gasteiger partial charge in [-0.1, -0.05) is 12.1 Å². The Bertz CT molecular complexity index is 741. The third-order valence-electron chi connectivity index (χ3n) is 2.47. The summed E-state index contributed by atoms with van der Waals surface area (Å²) in [5.41, 5.74) is -0.0691. The highest BCUT2D eigenvalue weighted by atomic mass is 32.2. The van der Waals surface area contributed by atoms with Crippen LogP contribution in [0.3, 0.4) is 0 Å². The predicted molar refractivity (Wildman–Crippen MR) is 68.0 cm³/mol. The number of aromatic carboxylic acids is 1. The molecule has 0 heterocycles. The summed E-state index contributed by atoms with van der Waals surface area (Å²) in [5, 5.41) is 10.7. The number of hydrogen-bond donors (Lipinski definition) is 1. The zero-order valence-electron chi connectivity index (χ0n) is 10.0. The summed E-state index contributed by atoms with van der Waals surface area (Å²) < 4.78 is 39.0. The lowest BCUT2D eigenvalue weighted by molar-refractivity contribution is -0.255. The maximum absolute atomic E-state index is 12.8. The van der Waals surface area contributed by atoms with Crippen molar-refractivity contribution in [2.24, 2.45) is 0 Å². The molecule has 1 N–H and O–H groups in total. The van der Waals surface area contributed by atoms with Gasteiger partial charge in [-0.05, 0) is 42.0 Å². The molecule has 0 saturated heterocycles. The van der Waals surface area contributed by atoms with Gasteiger partial charge < -0.3 is 9.90 Å². The fourth-order valence-corrected chi connectivity index (χ4v) is 2.59. The molecule has 0 fully saturated rings. The van der Waals surface area contributed by atoms with Crippen LogP contribution < -0.4 is 9.83 Å². The van der Waals surface area contributed by atoms with Gasteiger partial charge in [0.05, 0.1) is 10.9 Å². The molecule has 2 rings (SSSR count). The van der Waals surface area contributed by atoms with E-state index < -0.39 is 21.8 Å². The van der Waals surface area contributed by atoms with Crippen LogP contribution in [0.25, 0.3) is 0 Å². The minimum absolute atomic E-state index is 0.0797. The van der Waals surface area contributed by atoms with E-state index in [-0.39, 0.29) is 16.1 Å². The van der Waals surface area contributed by atoms with E-state index in [1.165, 1.54) is 18.2 Å². The Kier molecular flexibility index (Phi) is 3.71. The van der Waals surface area contributed by atoms with Crippen LogP contribution in [0, 0.1) is 5.82 Å². The number of halogens is 1. The Morgan fingerprint density at radius 2 is 1.75 bits per heavy atom. The summed E-state index contributed by atoms with van der Waals surface area (Å²) in [4.78, 5) is 10.6. The Morgan fingerprint density at radius 3 is 2.35 bits per heavy atom. The third kappa shape index (κ3) is 3.12. The first-order valence-electron chi connectivity index (χ1n) is 5.48. The van der Waals surface area contributed by atoms with Crippen molar-refractivity contribution >= 4 is 21.7 Å². The van der Waals surface area contributed by atoms with Crippen LogP contribution in [0.2, 0.25) is 0 Å².